The molecule has 110 valence electrons. The van der Waals surface area contributed by atoms with E-state index < -0.39 is 0 Å². The Balaban J connectivity index is 1.82. The molecule has 5 nitrogen and oxygen atoms in total. The van der Waals surface area contributed by atoms with Gasteiger partial charge in [0, 0.05) is 19.2 Å². The summed E-state index contributed by atoms with van der Waals surface area (Å²) in [6.07, 6.45) is 2.96. The van der Waals surface area contributed by atoms with E-state index in [2.05, 4.69) is 4.99 Å². The van der Waals surface area contributed by atoms with Crippen LogP contribution >= 0.6 is 0 Å². The van der Waals surface area contributed by atoms with Crippen molar-refractivity contribution in [1.82, 2.24) is 0 Å². The zero-order valence-corrected chi connectivity index (χ0v) is 11.4. The molecule has 21 heavy (non-hydrogen) atoms. The van der Waals surface area contributed by atoms with Crippen LogP contribution in [0.2, 0.25) is 0 Å². The van der Waals surface area contributed by atoms with Crippen LogP contribution in [0.1, 0.15) is 11.1 Å². The average molecular weight is 287 g/mol. The molecule has 2 rings (SSSR count). The fourth-order valence-corrected chi connectivity index (χ4v) is 1.88. The molecule has 0 aromatic heterocycles. The minimum Gasteiger partial charge on any atom is -0.504 e. The lowest BCUT2D eigenvalue weighted by Crippen LogP contribution is -1.92. The maximum Gasteiger partial charge on any atom is 0.157 e. The number of hydrogen-bond donors (Lipinski definition) is 4. The van der Waals surface area contributed by atoms with Crippen molar-refractivity contribution in [3.63, 3.8) is 0 Å². The maximum atomic E-state index is 9.37. The van der Waals surface area contributed by atoms with Crippen molar-refractivity contribution in [1.29, 1.82) is 0 Å². The Kier molecular flexibility index (Phi) is 4.66. The van der Waals surface area contributed by atoms with Gasteiger partial charge in [0.05, 0.1) is 0 Å². The molecule has 0 heterocycles. The molecule has 0 saturated carbocycles. The number of phenolic OH excluding ortho intramolecular Hbond substituents is 4. The summed E-state index contributed by atoms with van der Waals surface area (Å²) in [7, 11) is 0. The Morgan fingerprint density at radius 2 is 1.33 bits per heavy atom. The fraction of sp³-hybridized carbons (Fsp3) is 0.188. The third-order valence-electron chi connectivity index (χ3n) is 3.07. The summed E-state index contributed by atoms with van der Waals surface area (Å²) >= 11 is 0. The van der Waals surface area contributed by atoms with Gasteiger partial charge in [0.1, 0.15) is 0 Å². The van der Waals surface area contributed by atoms with E-state index in [0.717, 1.165) is 11.1 Å². The third kappa shape index (κ3) is 4.14. The van der Waals surface area contributed by atoms with E-state index in [1.165, 1.54) is 24.3 Å². The first-order chi connectivity index (χ1) is 10.1. The summed E-state index contributed by atoms with van der Waals surface area (Å²) in [5.41, 5.74) is 1.75. The maximum absolute atomic E-state index is 9.37. The molecule has 5 heteroatoms. The molecule has 0 radical (unpaired) electrons. The Morgan fingerprint density at radius 1 is 0.762 bits per heavy atom. The molecule has 2 aromatic rings. The summed E-state index contributed by atoms with van der Waals surface area (Å²) in [4.78, 5) is 4.25. The lowest BCUT2D eigenvalue weighted by molar-refractivity contribution is 0.403. The van der Waals surface area contributed by atoms with E-state index in [-0.39, 0.29) is 23.0 Å². The van der Waals surface area contributed by atoms with Gasteiger partial charge in [-0.05, 0) is 41.8 Å². The van der Waals surface area contributed by atoms with Gasteiger partial charge in [0.2, 0.25) is 0 Å². The normalized spacial score (nSPS) is 11.0. The molecule has 0 fully saturated rings. The van der Waals surface area contributed by atoms with Gasteiger partial charge in [0.15, 0.2) is 23.0 Å². The van der Waals surface area contributed by atoms with Gasteiger partial charge in [-0.3, -0.25) is 4.99 Å². The van der Waals surface area contributed by atoms with E-state index in [1.54, 1.807) is 18.3 Å². The number of benzene rings is 2. The minimum absolute atomic E-state index is 0.129. The SMILES string of the molecule is Oc1ccc(CC=NCCc2ccc(O)c(O)c2)cc1O. The van der Waals surface area contributed by atoms with Crippen LogP contribution in [0.25, 0.3) is 0 Å². The van der Waals surface area contributed by atoms with Crippen LogP contribution in [0.5, 0.6) is 23.0 Å². The second-order valence-corrected chi connectivity index (χ2v) is 4.69. The first-order valence-electron chi connectivity index (χ1n) is 6.56. The molecule has 0 unspecified atom stereocenters. The predicted molar refractivity (Wildman–Crippen MR) is 80.3 cm³/mol. The van der Waals surface area contributed by atoms with Gasteiger partial charge in [0.25, 0.3) is 0 Å². The van der Waals surface area contributed by atoms with Crippen molar-refractivity contribution in [2.45, 2.75) is 12.8 Å². The van der Waals surface area contributed by atoms with E-state index in [0.29, 0.717) is 19.4 Å². The monoisotopic (exact) mass is 287 g/mol. The summed E-state index contributed by atoms with van der Waals surface area (Å²) in [6.45, 7) is 0.564. The molecule has 0 spiro atoms. The molecule has 0 atom stereocenters. The summed E-state index contributed by atoms with van der Waals surface area (Å²) in [6, 6.07) is 9.37. The van der Waals surface area contributed by atoms with E-state index in [9.17, 15) is 20.4 Å². The molecule has 2 aromatic carbocycles. The highest BCUT2D eigenvalue weighted by Gasteiger charge is 2.00. The molecular formula is C16H17NO4. The Morgan fingerprint density at radius 3 is 1.95 bits per heavy atom. The average Bonchev–Trinajstić information content (AvgIpc) is 2.46. The fourth-order valence-electron chi connectivity index (χ4n) is 1.88. The lowest BCUT2D eigenvalue weighted by Gasteiger charge is -2.02. The smallest absolute Gasteiger partial charge is 0.157 e. The van der Waals surface area contributed by atoms with E-state index >= 15 is 0 Å². The zero-order chi connectivity index (χ0) is 15.2. The van der Waals surface area contributed by atoms with Crippen molar-refractivity contribution < 1.29 is 20.4 Å². The van der Waals surface area contributed by atoms with Gasteiger partial charge in [-0.15, -0.1) is 0 Å². The second-order valence-electron chi connectivity index (χ2n) is 4.69. The van der Waals surface area contributed by atoms with Crippen LogP contribution < -0.4 is 0 Å². The Hall–Kier alpha value is -2.69. The van der Waals surface area contributed by atoms with Crippen molar-refractivity contribution in [2.24, 2.45) is 4.99 Å². The zero-order valence-electron chi connectivity index (χ0n) is 11.4. The summed E-state index contributed by atoms with van der Waals surface area (Å²) in [5, 5.41) is 37.1. The minimum atomic E-state index is -0.138. The number of phenols is 4. The van der Waals surface area contributed by atoms with Crippen molar-refractivity contribution in [2.75, 3.05) is 6.54 Å². The van der Waals surface area contributed by atoms with E-state index in [4.69, 9.17) is 0 Å². The van der Waals surface area contributed by atoms with Crippen molar-refractivity contribution in [3.8, 4) is 23.0 Å². The first-order valence-corrected chi connectivity index (χ1v) is 6.56. The Labute approximate surface area is 122 Å². The Bertz CT molecular complexity index is 653. The van der Waals surface area contributed by atoms with Crippen LogP contribution in [-0.2, 0) is 12.8 Å². The van der Waals surface area contributed by atoms with Crippen LogP contribution in [0.4, 0.5) is 0 Å². The van der Waals surface area contributed by atoms with Gasteiger partial charge in [-0.2, -0.15) is 0 Å². The molecule has 0 aliphatic heterocycles. The van der Waals surface area contributed by atoms with Crippen LogP contribution in [0.3, 0.4) is 0 Å². The predicted octanol–water partition coefficient (Wildman–Crippen LogP) is 2.37. The van der Waals surface area contributed by atoms with Crippen LogP contribution in [0.15, 0.2) is 41.4 Å². The number of rotatable bonds is 5. The van der Waals surface area contributed by atoms with Crippen LogP contribution in [0, 0.1) is 0 Å². The van der Waals surface area contributed by atoms with Gasteiger partial charge < -0.3 is 20.4 Å². The first kappa shape index (κ1) is 14.7. The lowest BCUT2D eigenvalue weighted by atomic mass is 10.1. The molecule has 0 aliphatic carbocycles. The van der Waals surface area contributed by atoms with Gasteiger partial charge >= 0.3 is 0 Å². The molecule has 0 aliphatic rings. The highest BCUT2D eigenvalue weighted by molar-refractivity contribution is 5.62. The highest BCUT2D eigenvalue weighted by Crippen LogP contribution is 2.25. The second kappa shape index (κ2) is 6.65. The van der Waals surface area contributed by atoms with Crippen LogP contribution in [-0.4, -0.2) is 33.2 Å². The summed E-state index contributed by atoms with van der Waals surface area (Å²) in [5.74, 6) is -0.534. The third-order valence-corrected chi connectivity index (χ3v) is 3.07. The van der Waals surface area contributed by atoms with Gasteiger partial charge in [-0.25, -0.2) is 0 Å². The largest absolute Gasteiger partial charge is 0.504 e. The number of aromatic hydroxyl groups is 4. The topological polar surface area (TPSA) is 93.3 Å². The van der Waals surface area contributed by atoms with Gasteiger partial charge in [-0.1, -0.05) is 12.1 Å². The highest BCUT2D eigenvalue weighted by atomic mass is 16.3. The standard InChI is InChI=1S/C16H17NO4/c18-13-3-1-11(9-15(13)20)5-7-17-8-6-12-2-4-14(19)16(21)10-12/h1-4,7,9-10,18-21H,5-6,8H2. The molecular weight excluding hydrogens is 270 g/mol. The number of hydrogen-bond acceptors (Lipinski definition) is 5. The quantitative estimate of drug-likeness (QED) is 0.501. The summed E-state index contributed by atoms with van der Waals surface area (Å²) < 4.78 is 0. The van der Waals surface area contributed by atoms with E-state index in [1.807, 2.05) is 0 Å². The molecule has 0 amide bonds. The number of nitrogens with zero attached hydrogens (tertiary/aromatic N) is 1. The molecule has 4 N–H and O–H groups in total. The molecule has 0 bridgehead atoms. The number of aliphatic imine (C=N–C) groups is 1. The van der Waals surface area contributed by atoms with Crippen molar-refractivity contribution >= 4 is 6.21 Å². The van der Waals surface area contributed by atoms with Crippen molar-refractivity contribution in [3.05, 3.63) is 47.5 Å². The molecule has 0 saturated heterocycles.